The van der Waals surface area contributed by atoms with E-state index in [1.165, 1.54) is 6.07 Å². The maximum atomic E-state index is 13.1. The van der Waals surface area contributed by atoms with E-state index in [1.54, 1.807) is 24.1 Å². The lowest BCUT2D eigenvalue weighted by molar-refractivity contribution is 0.578. The second kappa shape index (κ2) is 3.76. The summed E-state index contributed by atoms with van der Waals surface area (Å²) in [6.45, 7) is 1.93. The summed E-state index contributed by atoms with van der Waals surface area (Å²) >= 11 is 0. The summed E-state index contributed by atoms with van der Waals surface area (Å²) in [6.07, 6.45) is 4.06. The molecule has 2 heterocycles. The molecular weight excluding hydrogens is 195 g/mol. The van der Waals surface area contributed by atoms with Gasteiger partial charge in [-0.1, -0.05) is 6.92 Å². The number of nitrogens with zero attached hydrogens (tertiary/aromatic N) is 4. The minimum Gasteiger partial charge on any atom is -0.275 e. The van der Waals surface area contributed by atoms with Crippen molar-refractivity contribution in [2.75, 3.05) is 0 Å². The molecule has 2 aromatic rings. The molecular formula is C10H11FN4. The zero-order valence-electron chi connectivity index (χ0n) is 8.61. The van der Waals surface area contributed by atoms with Gasteiger partial charge in [-0.3, -0.25) is 4.68 Å². The molecule has 0 saturated heterocycles. The molecule has 4 nitrogen and oxygen atoms in total. The van der Waals surface area contributed by atoms with Gasteiger partial charge in [0.1, 0.15) is 0 Å². The summed E-state index contributed by atoms with van der Waals surface area (Å²) in [5.74, 6) is -0.111. The molecule has 0 aromatic carbocycles. The van der Waals surface area contributed by atoms with Crippen molar-refractivity contribution >= 4 is 0 Å². The van der Waals surface area contributed by atoms with Crippen LogP contribution >= 0.6 is 0 Å². The van der Waals surface area contributed by atoms with Crippen molar-refractivity contribution in [2.45, 2.75) is 13.3 Å². The van der Waals surface area contributed by atoms with Crippen molar-refractivity contribution in [1.29, 1.82) is 0 Å². The summed E-state index contributed by atoms with van der Waals surface area (Å²) < 4.78 is 14.8. The topological polar surface area (TPSA) is 43.6 Å². The summed E-state index contributed by atoms with van der Waals surface area (Å²) in [4.78, 5) is 7.97. The maximum absolute atomic E-state index is 13.1. The fourth-order valence-electron chi connectivity index (χ4n) is 1.31. The molecule has 0 fully saturated rings. The lowest BCUT2D eigenvalue weighted by Gasteiger charge is -1.99. The molecule has 0 bridgehead atoms. The number of rotatable bonds is 2. The van der Waals surface area contributed by atoms with E-state index in [9.17, 15) is 4.39 Å². The molecule has 0 amide bonds. The van der Waals surface area contributed by atoms with Gasteiger partial charge in [-0.25, -0.2) is 4.98 Å². The number of aryl methyl sites for hydroxylation is 2. The highest BCUT2D eigenvalue weighted by molar-refractivity contribution is 5.51. The van der Waals surface area contributed by atoms with Crippen molar-refractivity contribution in [3.63, 3.8) is 0 Å². The highest BCUT2D eigenvalue weighted by Gasteiger charge is 2.07. The molecule has 15 heavy (non-hydrogen) atoms. The first-order valence-electron chi connectivity index (χ1n) is 4.71. The van der Waals surface area contributed by atoms with E-state index in [1.807, 2.05) is 6.92 Å². The van der Waals surface area contributed by atoms with Crippen molar-refractivity contribution < 1.29 is 4.39 Å². The van der Waals surface area contributed by atoms with Crippen LogP contribution in [0.1, 0.15) is 12.6 Å². The molecule has 0 aliphatic heterocycles. The van der Waals surface area contributed by atoms with E-state index in [-0.39, 0.29) is 0 Å². The van der Waals surface area contributed by atoms with Gasteiger partial charge in [0.25, 0.3) is 0 Å². The van der Waals surface area contributed by atoms with E-state index >= 15 is 0 Å². The predicted molar refractivity (Wildman–Crippen MR) is 53.6 cm³/mol. The van der Waals surface area contributed by atoms with Crippen LogP contribution in [0, 0.1) is 5.95 Å². The van der Waals surface area contributed by atoms with Gasteiger partial charge in [0.15, 0.2) is 5.82 Å². The van der Waals surface area contributed by atoms with Crippen LogP contribution in [0.25, 0.3) is 11.4 Å². The van der Waals surface area contributed by atoms with Crippen LogP contribution in [0.15, 0.2) is 18.5 Å². The van der Waals surface area contributed by atoms with Gasteiger partial charge < -0.3 is 0 Å². The molecule has 78 valence electrons. The Morgan fingerprint density at radius 3 is 2.80 bits per heavy atom. The first-order valence-corrected chi connectivity index (χ1v) is 4.71. The van der Waals surface area contributed by atoms with Crippen molar-refractivity contribution in [3.8, 4) is 11.4 Å². The normalized spacial score (nSPS) is 10.6. The summed E-state index contributed by atoms with van der Waals surface area (Å²) in [7, 11) is 1.80. The first kappa shape index (κ1) is 9.76. The van der Waals surface area contributed by atoms with Gasteiger partial charge in [-0.2, -0.15) is 14.5 Å². The predicted octanol–water partition coefficient (Wildman–Crippen LogP) is 1.58. The Morgan fingerprint density at radius 2 is 2.20 bits per heavy atom. The zero-order valence-corrected chi connectivity index (χ0v) is 8.61. The van der Waals surface area contributed by atoms with Crippen LogP contribution in [0.5, 0.6) is 0 Å². The van der Waals surface area contributed by atoms with Gasteiger partial charge in [-0.05, 0) is 6.42 Å². The fraction of sp³-hybridized carbons (Fsp3) is 0.300. The van der Waals surface area contributed by atoms with E-state index in [0.717, 1.165) is 5.56 Å². The lowest BCUT2D eigenvalue weighted by Crippen LogP contribution is -1.96. The lowest BCUT2D eigenvalue weighted by atomic mass is 10.3. The quantitative estimate of drug-likeness (QED) is 0.700. The molecule has 0 unspecified atom stereocenters. The van der Waals surface area contributed by atoms with Gasteiger partial charge in [0.2, 0.25) is 5.95 Å². The van der Waals surface area contributed by atoms with Crippen LogP contribution in [0.3, 0.4) is 0 Å². The average molecular weight is 206 g/mol. The maximum Gasteiger partial charge on any atom is 0.216 e. The number of aromatic nitrogens is 4. The van der Waals surface area contributed by atoms with Crippen molar-refractivity contribution in [1.82, 2.24) is 19.7 Å². The fourth-order valence-corrected chi connectivity index (χ4v) is 1.31. The number of halogens is 1. The molecule has 0 N–H and O–H groups in total. The highest BCUT2D eigenvalue weighted by atomic mass is 19.1. The van der Waals surface area contributed by atoms with Gasteiger partial charge in [0, 0.05) is 25.0 Å². The van der Waals surface area contributed by atoms with Gasteiger partial charge in [-0.15, -0.1) is 0 Å². The molecule has 0 saturated carbocycles. The third kappa shape index (κ3) is 2.01. The largest absolute Gasteiger partial charge is 0.275 e. The minimum atomic E-state index is -0.499. The third-order valence-corrected chi connectivity index (χ3v) is 2.07. The Morgan fingerprint density at radius 1 is 1.40 bits per heavy atom. The summed E-state index contributed by atoms with van der Waals surface area (Å²) in [6, 6.07) is 1.35. The van der Waals surface area contributed by atoms with E-state index in [0.29, 0.717) is 17.9 Å². The standard InChI is InChI=1S/C10H11FN4/c1-3-8-4-9(11)14-10(13-8)7-5-12-15(2)6-7/h4-6H,3H2,1-2H3. The Kier molecular flexibility index (Phi) is 2.45. The van der Waals surface area contributed by atoms with Gasteiger partial charge in [0.05, 0.1) is 11.8 Å². The SMILES string of the molecule is CCc1cc(F)nc(-c2cnn(C)c2)n1. The molecule has 2 aromatic heterocycles. The second-order valence-electron chi connectivity index (χ2n) is 3.26. The van der Waals surface area contributed by atoms with Crippen LogP contribution < -0.4 is 0 Å². The molecule has 0 atom stereocenters. The first-order chi connectivity index (χ1) is 7.19. The van der Waals surface area contributed by atoms with Gasteiger partial charge >= 0.3 is 0 Å². The van der Waals surface area contributed by atoms with Crippen LogP contribution in [0.4, 0.5) is 4.39 Å². The second-order valence-corrected chi connectivity index (χ2v) is 3.26. The Hall–Kier alpha value is -1.78. The van der Waals surface area contributed by atoms with E-state index < -0.39 is 5.95 Å². The number of hydrogen-bond acceptors (Lipinski definition) is 3. The monoisotopic (exact) mass is 206 g/mol. The highest BCUT2D eigenvalue weighted by Crippen LogP contribution is 2.14. The molecule has 5 heteroatoms. The Labute approximate surface area is 86.8 Å². The molecule has 0 aliphatic carbocycles. The van der Waals surface area contributed by atoms with E-state index in [4.69, 9.17) is 0 Å². The minimum absolute atomic E-state index is 0.389. The smallest absolute Gasteiger partial charge is 0.216 e. The third-order valence-electron chi connectivity index (χ3n) is 2.07. The summed E-state index contributed by atoms with van der Waals surface area (Å²) in [5.41, 5.74) is 1.42. The van der Waals surface area contributed by atoms with Crippen LogP contribution in [-0.2, 0) is 13.5 Å². The van der Waals surface area contributed by atoms with Crippen molar-refractivity contribution in [3.05, 3.63) is 30.1 Å². The van der Waals surface area contributed by atoms with Crippen LogP contribution in [-0.4, -0.2) is 19.7 Å². The zero-order chi connectivity index (χ0) is 10.8. The van der Waals surface area contributed by atoms with Crippen LogP contribution in [0.2, 0.25) is 0 Å². The average Bonchev–Trinajstić information content (AvgIpc) is 2.64. The number of hydrogen-bond donors (Lipinski definition) is 0. The Bertz CT molecular complexity index is 478. The Balaban J connectivity index is 2.48. The summed E-state index contributed by atoms with van der Waals surface area (Å²) in [5, 5.41) is 3.99. The van der Waals surface area contributed by atoms with Crippen molar-refractivity contribution in [2.24, 2.45) is 7.05 Å². The molecule has 0 radical (unpaired) electrons. The molecule has 0 spiro atoms. The molecule has 0 aliphatic rings. The molecule has 2 rings (SSSR count). The van der Waals surface area contributed by atoms with E-state index in [2.05, 4.69) is 15.1 Å².